The fourth-order valence-corrected chi connectivity index (χ4v) is 4.69. The Bertz CT molecular complexity index is 1270. The average molecular weight is 514 g/mol. The quantitative estimate of drug-likeness (QED) is 0.499. The van der Waals surface area contributed by atoms with Crippen LogP contribution in [-0.2, 0) is 16.0 Å². The second-order valence-electron chi connectivity index (χ2n) is 8.96. The van der Waals surface area contributed by atoms with Crippen molar-refractivity contribution in [2.75, 3.05) is 18.4 Å². The van der Waals surface area contributed by atoms with Gasteiger partial charge < -0.3 is 16.0 Å². The molecular weight excluding hydrogens is 489 g/mol. The van der Waals surface area contributed by atoms with Crippen LogP contribution in [-0.4, -0.2) is 55.4 Å². The Morgan fingerprint density at radius 1 is 1.11 bits per heavy atom. The molecular formula is C24H25Cl2N7O2. The van der Waals surface area contributed by atoms with Crippen molar-refractivity contribution in [3.63, 3.8) is 0 Å². The Kier molecular flexibility index (Phi) is 6.62. The van der Waals surface area contributed by atoms with Gasteiger partial charge in [0, 0.05) is 43.0 Å². The molecule has 1 atom stereocenters. The molecule has 9 nitrogen and oxygen atoms in total. The molecule has 3 N–H and O–H groups in total. The highest BCUT2D eigenvalue weighted by atomic mass is 35.5. The molecule has 35 heavy (non-hydrogen) atoms. The average Bonchev–Trinajstić information content (AvgIpc) is 3.61. The zero-order valence-corrected chi connectivity index (χ0v) is 20.5. The Hall–Kier alpha value is -3.17. The second kappa shape index (κ2) is 9.83. The lowest BCUT2D eigenvalue weighted by Crippen LogP contribution is -2.45. The van der Waals surface area contributed by atoms with Gasteiger partial charge in [0.1, 0.15) is 11.6 Å². The maximum absolute atomic E-state index is 12.5. The number of carbonyl (C=O) groups is 2. The maximum atomic E-state index is 12.5. The van der Waals surface area contributed by atoms with Crippen molar-refractivity contribution < 1.29 is 9.59 Å². The fraction of sp³-hybridized carbons (Fsp3) is 0.375. The van der Waals surface area contributed by atoms with Gasteiger partial charge in [-0.15, -0.1) is 0 Å². The Labute approximate surface area is 212 Å². The minimum Gasteiger partial charge on any atom is -0.369 e. The van der Waals surface area contributed by atoms with Crippen LogP contribution in [0.15, 0.2) is 36.7 Å². The van der Waals surface area contributed by atoms with Gasteiger partial charge in [0.15, 0.2) is 0 Å². The van der Waals surface area contributed by atoms with Crippen molar-refractivity contribution in [1.29, 1.82) is 0 Å². The van der Waals surface area contributed by atoms with Gasteiger partial charge in [-0.1, -0.05) is 23.2 Å². The van der Waals surface area contributed by atoms with Crippen LogP contribution in [0.5, 0.6) is 0 Å². The monoisotopic (exact) mass is 513 g/mol. The van der Waals surface area contributed by atoms with Crippen molar-refractivity contribution >= 4 is 41.0 Å². The number of nitrogens with zero attached hydrogens (tertiary/aromatic N) is 5. The van der Waals surface area contributed by atoms with Crippen molar-refractivity contribution in [3.05, 3.63) is 52.4 Å². The van der Waals surface area contributed by atoms with Crippen LogP contribution in [0.2, 0.25) is 10.0 Å². The maximum Gasteiger partial charge on any atom is 0.225 e. The van der Waals surface area contributed by atoms with Crippen LogP contribution >= 0.6 is 23.2 Å². The number of piperidine rings is 1. The molecule has 2 fully saturated rings. The summed E-state index contributed by atoms with van der Waals surface area (Å²) in [6, 6.07) is 7.00. The van der Waals surface area contributed by atoms with Gasteiger partial charge in [0.05, 0.1) is 22.2 Å². The first-order valence-electron chi connectivity index (χ1n) is 11.6. The minimum absolute atomic E-state index is 0.0120. The summed E-state index contributed by atoms with van der Waals surface area (Å²) in [5, 5.41) is 4.21. The SMILES string of the molecule is NC(=O)Cc1cnc(-c2ccc(Cl)c(Cl)c2)n1-c1ccnc(N[C@H]2CCCN(C(=O)C3CC3)C2)n1. The van der Waals surface area contributed by atoms with Gasteiger partial charge in [-0.25, -0.2) is 9.97 Å². The van der Waals surface area contributed by atoms with E-state index in [1.54, 1.807) is 41.2 Å². The number of amides is 2. The first-order chi connectivity index (χ1) is 16.9. The van der Waals surface area contributed by atoms with E-state index in [9.17, 15) is 9.59 Å². The first kappa shape index (κ1) is 23.6. The Morgan fingerprint density at radius 2 is 1.94 bits per heavy atom. The predicted octanol–water partition coefficient (Wildman–Crippen LogP) is 3.48. The van der Waals surface area contributed by atoms with Crippen LogP contribution in [0.3, 0.4) is 0 Å². The zero-order valence-electron chi connectivity index (χ0n) is 19.0. The predicted molar refractivity (Wildman–Crippen MR) is 133 cm³/mol. The van der Waals surface area contributed by atoms with Gasteiger partial charge >= 0.3 is 0 Å². The van der Waals surface area contributed by atoms with Gasteiger partial charge in [-0.3, -0.25) is 14.2 Å². The van der Waals surface area contributed by atoms with Crippen LogP contribution < -0.4 is 11.1 Å². The highest BCUT2D eigenvalue weighted by molar-refractivity contribution is 6.42. The summed E-state index contributed by atoms with van der Waals surface area (Å²) < 4.78 is 1.76. The lowest BCUT2D eigenvalue weighted by molar-refractivity contribution is -0.133. The molecule has 3 heterocycles. The van der Waals surface area contributed by atoms with E-state index in [0.29, 0.717) is 45.4 Å². The number of hydrogen-bond donors (Lipinski definition) is 2. The molecule has 2 amide bonds. The highest BCUT2D eigenvalue weighted by Gasteiger charge is 2.35. The van der Waals surface area contributed by atoms with E-state index >= 15 is 0 Å². The number of primary amides is 1. The first-order valence-corrected chi connectivity index (χ1v) is 12.3. The van der Waals surface area contributed by atoms with E-state index in [1.807, 2.05) is 4.90 Å². The van der Waals surface area contributed by atoms with E-state index in [0.717, 1.165) is 32.2 Å². The molecule has 182 valence electrons. The Morgan fingerprint density at radius 3 is 2.69 bits per heavy atom. The zero-order chi connectivity index (χ0) is 24.5. The number of halogens is 2. The summed E-state index contributed by atoms with van der Waals surface area (Å²) in [5.74, 6) is 1.49. The van der Waals surface area contributed by atoms with Crippen LogP contribution in [0, 0.1) is 5.92 Å². The number of likely N-dealkylation sites (tertiary alicyclic amines) is 1. The molecule has 0 unspecified atom stereocenters. The number of rotatable bonds is 7. The van der Waals surface area contributed by atoms with Crippen LogP contribution in [0.25, 0.3) is 17.2 Å². The topological polar surface area (TPSA) is 119 Å². The van der Waals surface area contributed by atoms with Crippen molar-refractivity contribution in [2.45, 2.75) is 38.1 Å². The van der Waals surface area contributed by atoms with Crippen LogP contribution in [0.1, 0.15) is 31.4 Å². The van der Waals surface area contributed by atoms with Crippen molar-refractivity contribution in [1.82, 2.24) is 24.4 Å². The molecule has 1 saturated carbocycles. The summed E-state index contributed by atoms with van der Waals surface area (Å²) in [6.07, 6.45) is 7.09. The second-order valence-corrected chi connectivity index (χ2v) is 9.78. The third kappa shape index (κ3) is 5.26. The molecule has 1 aliphatic heterocycles. The van der Waals surface area contributed by atoms with E-state index in [1.165, 1.54) is 0 Å². The molecule has 1 saturated heterocycles. The standard InChI is InChI=1S/C24H25Cl2N7O2/c25-18-6-5-15(10-19(18)26)22-29-12-17(11-20(27)34)33(22)21-7-8-28-24(31-21)30-16-2-1-9-32(13-16)23(35)14-3-4-14/h5-8,10,12,14,16H,1-4,9,11,13H2,(H2,27,34)(H,28,30,31)/t16-/m0/s1. The summed E-state index contributed by atoms with van der Waals surface area (Å²) in [6.45, 7) is 1.43. The number of imidazole rings is 1. The molecule has 2 aromatic heterocycles. The number of nitrogens with one attached hydrogen (secondary N) is 1. The summed E-state index contributed by atoms with van der Waals surface area (Å²) in [7, 11) is 0. The van der Waals surface area contributed by atoms with Gasteiger partial charge in [0.25, 0.3) is 0 Å². The third-order valence-electron chi connectivity index (χ3n) is 6.23. The van der Waals surface area contributed by atoms with E-state index in [4.69, 9.17) is 33.9 Å². The molecule has 11 heteroatoms. The molecule has 2 aliphatic rings. The normalized spacial score (nSPS) is 17.9. The summed E-state index contributed by atoms with van der Waals surface area (Å²) in [5.41, 5.74) is 6.78. The number of hydrogen-bond acceptors (Lipinski definition) is 6. The lowest BCUT2D eigenvalue weighted by Gasteiger charge is -2.33. The van der Waals surface area contributed by atoms with E-state index in [-0.39, 0.29) is 24.3 Å². The molecule has 0 bridgehead atoms. The van der Waals surface area contributed by atoms with E-state index in [2.05, 4.69) is 15.3 Å². The molecule has 3 aromatic rings. The Balaban J connectivity index is 1.44. The molecule has 0 radical (unpaired) electrons. The lowest BCUT2D eigenvalue weighted by atomic mass is 10.1. The smallest absolute Gasteiger partial charge is 0.225 e. The fourth-order valence-electron chi connectivity index (χ4n) is 4.39. The van der Waals surface area contributed by atoms with E-state index < -0.39 is 5.91 Å². The molecule has 1 aromatic carbocycles. The van der Waals surface area contributed by atoms with Gasteiger partial charge in [-0.2, -0.15) is 4.98 Å². The number of carbonyl (C=O) groups excluding carboxylic acids is 2. The van der Waals surface area contributed by atoms with Crippen molar-refractivity contribution in [2.24, 2.45) is 11.7 Å². The molecule has 0 spiro atoms. The largest absolute Gasteiger partial charge is 0.369 e. The van der Waals surface area contributed by atoms with Gasteiger partial charge in [0.2, 0.25) is 17.8 Å². The third-order valence-corrected chi connectivity index (χ3v) is 6.97. The number of benzene rings is 1. The summed E-state index contributed by atoms with van der Waals surface area (Å²) >= 11 is 12.3. The number of aromatic nitrogens is 4. The molecule has 1 aliphatic carbocycles. The van der Waals surface area contributed by atoms with Crippen molar-refractivity contribution in [3.8, 4) is 17.2 Å². The minimum atomic E-state index is -0.484. The van der Waals surface area contributed by atoms with Gasteiger partial charge in [-0.05, 0) is 49.9 Å². The highest BCUT2D eigenvalue weighted by Crippen LogP contribution is 2.32. The molecule has 5 rings (SSSR count). The number of anilines is 1. The van der Waals surface area contributed by atoms with Crippen LogP contribution in [0.4, 0.5) is 5.95 Å². The summed E-state index contributed by atoms with van der Waals surface area (Å²) in [4.78, 5) is 39.8. The number of nitrogens with two attached hydrogens (primary N) is 1.